The first-order chi connectivity index (χ1) is 10.6. The number of benzene rings is 1. The molecule has 2 aromatic heterocycles. The number of hydrogen-bond donors (Lipinski definition) is 1. The highest BCUT2D eigenvalue weighted by Gasteiger charge is 2.14. The van der Waals surface area contributed by atoms with E-state index < -0.39 is 0 Å². The predicted octanol–water partition coefficient (Wildman–Crippen LogP) is 3.54. The molecule has 5 heteroatoms. The molecular weight excluding hydrogens is 276 g/mol. The van der Waals surface area contributed by atoms with Gasteiger partial charge in [-0.25, -0.2) is 0 Å². The Bertz CT molecular complexity index is 846. The molecule has 0 bridgehead atoms. The number of nitrogens with zero attached hydrogens (tertiary/aromatic N) is 3. The first-order valence-electron chi connectivity index (χ1n) is 7.55. The second kappa shape index (κ2) is 5.67. The predicted molar refractivity (Wildman–Crippen MR) is 89.8 cm³/mol. The summed E-state index contributed by atoms with van der Waals surface area (Å²) in [6, 6.07) is 11.9. The lowest BCUT2D eigenvalue weighted by Crippen LogP contribution is -2.23. The molecule has 0 fully saturated rings. The molecule has 5 nitrogen and oxygen atoms in total. The first-order valence-corrected chi connectivity index (χ1v) is 7.55. The van der Waals surface area contributed by atoms with Crippen LogP contribution in [0.5, 0.6) is 0 Å². The summed E-state index contributed by atoms with van der Waals surface area (Å²) < 4.78 is 3.69. The number of anilines is 2. The molecule has 22 heavy (non-hydrogen) atoms. The van der Waals surface area contributed by atoms with Gasteiger partial charge in [-0.1, -0.05) is 18.2 Å². The maximum absolute atomic E-state index is 12.7. The van der Waals surface area contributed by atoms with Gasteiger partial charge < -0.3 is 9.88 Å². The molecular formula is C17H20N4O. The number of aromatic nitrogens is 3. The van der Waals surface area contributed by atoms with Crippen LogP contribution in [-0.2, 0) is 6.54 Å². The molecule has 1 N–H and O–H groups in total. The minimum Gasteiger partial charge on any atom is -0.330 e. The van der Waals surface area contributed by atoms with E-state index in [0.29, 0.717) is 17.9 Å². The smallest absolute Gasteiger partial charge is 0.264 e. The monoisotopic (exact) mass is 296 g/mol. The molecule has 0 atom stereocenters. The van der Waals surface area contributed by atoms with Crippen molar-refractivity contribution in [2.75, 3.05) is 5.32 Å². The summed E-state index contributed by atoms with van der Waals surface area (Å²) in [7, 11) is 0. The van der Waals surface area contributed by atoms with Crippen LogP contribution in [0.1, 0.15) is 26.8 Å². The van der Waals surface area contributed by atoms with Crippen molar-refractivity contribution in [3.8, 4) is 0 Å². The first kappa shape index (κ1) is 14.4. The molecule has 3 rings (SSSR count). The van der Waals surface area contributed by atoms with E-state index in [1.807, 2.05) is 54.1 Å². The van der Waals surface area contributed by atoms with E-state index in [1.165, 1.54) is 0 Å². The normalized spacial score (nSPS) is 11.3. The van der Waals surface area contributed by atoms with Crippen molar-refractivity contribution in [2.24, 2.45) is 0 Å². The van der Waals surface area contributed by atoms with E-state index in [4.69, 9.17) is 4.98 Å². The highest BCUT2D eigenvalue weighted by molar-refractivity contribution is 5.77. The summed E-state index contributed by atoms with van der Waals surface area (Å²) in [5, 5.41) is 3.91. The molecule has 0 aliphatic carbocycles. The third-order valence-electron chi connectivity index (χ3n) is 3.73. The second-order valence-electron chi connectivity index (χ2n) is 5.53. The lowest BCUT2D eigenvalue weighted by atomic mass is 10.3. The van der Waals surface area contributed by atoms with Crippen molar-refractivity contribution in [1.29, 1.82) is 0 Å². The van der Waals surface area contributed by atoms with E-state index in [2.05, 4.69) is 19.2 Å². The van der Waals surface area contributed by atoms with Crippen LogP contribution in [0.3, 0.4) is 0 Å². The summed E-state index contributed by atoms with van der Waals surface area (Å²) in [5.41, 5.74) is 1.63. The van der Waals surface area contributed by atoms with Crippen molar-refractivity contribution >= 4 is 22.7 Å². The summed E-state index contributed by atoms with van der Waals surface area (Å²) in [4.78, 5) is 17.4. The second-order valence-corrected chi connectivity index (χ2v) is 5.53. The van der Waals surface area contributed by atoms with Gasteiger partial charge in [-0.2, -0.15) is 4.98 Å². The third kappa shape index (κ3) is 2.39. The Balaban J connectivity index is 2.19. The van der Waals surface area contributed by atoms with Crippen molar-refractivity contribution in [1.82, 2.24) is 14.1 Å². The highest BCUT2D eigenvalue weighted by atomic mass is 16.1. The van der Waals surface area contributed by atoms with Crippen molar-refractivity contribution in [2.45, 2.75) is 33.4 Å². The molecule has 0 aliphatic rings. The number of para-hydroxylation sites is 1. The summed E-state index contributed by atoms with van der Waals surface area (Å²) in [5.74, 6) is 0.576. The van der Waals surface area contributed by atoms with Gasteiger partial charge in [0.15, 0.2) is 0 Å². The van der Waals surface area contributed by atoms with Gasteiger partial charge in [-0.05, 0) is 39.0 Å². The quantitative estimate of drug-likeness (QED) is 0.801. The average molecular weight is 296 g/mol. The Morgan fingerprint density at radius 3 is 2.55 bits per heavy atom. The molecule has 0 amide bonds. The maximum Gasteiger partial charge on any atom is 0.264 e. The molecule has 1 aromatic carbocycles. The molecule has 114 valence electrons. The van der Waals surface area contributed by atoms with Gasteiger partial charge in [-0.3, -0.25) is 9.36 Å². The maximum atomic E-state index is 12.7. The summed E-state index contributed by atoms with van der Waals surface area (Å²) in [6.45, 7) is 6.68. The van der Waals surface area contributed by atoms with Gasteiger partial charge in [0.2, 0.25) is 5.95 Å². The molecule has 0 unspecified atom stereocenters. The molecule has 0 aliphatic heterocycles. The zero-order valence-corrected chi connectivity index (χ0v) is 13.1. The van der Waals surface area contributed by atoms with Crippen LogP contribution in [-0.4, -0.2) is 14.1 Å². The Morgan fingerprint density at radius 2 is 1.91 bits per heavy atom. The van der Waals surface area contributed by atoms with Crippen LogP contribution in [0.25, 0.3) is 11.0 Å². The molecule has 0 saturated carbocycles. The number of rotatable bonds is 4. The van der Waals surface area contributed by atoms with Gasteiger partial charge in [0.1, 0.15) is 5.65 Å². The van der Waals surface area contributed by atoms with E-state index in [1.54, 1.807) is 4.57 Å². The Hall–Kier alpha value is -2.56. The fourth-order valence-corrected chi connectivity index (χ4v) is 2.58. The van der Waals surface area contributed by atoms with Crippen molar-refractivity contribution < 1.29 is 0 Å². The van der Waals surface area contributed by atoms with E-state index in [-0.39, 0.29) is 11.6 Å². The Morgan fingerprint density at radius 1 is 1.18 bits per heavy atom. The topological polar surface area (TPSA) is 51.9 Å². The van der Waals surface area contributed by atoms with Gasteiger partial charge >= 0.3 is 0 Å². The van der Waals surface area contributed by atoms with Crippen molar-refractivity contribution in [3.63, 3.8) is 0 Å². The minimum atomic E-state index is -0.00895. The third-order valence-corrected chi connectivity index (χ3v) is 3.73. The van der Waals surface area contributed by atoms with Gasteiger partial charge in [0, 0.05) is 24.5 Å². The number of fused-ring (bicyclic) bond motifs is 1. The fourth-order valence-electron chi connectivity index (χ4n) is 2.58. The minimum absolute atomic E-state index is 0.00895. The molecule has 0 spiro atoms. The molecule has 0 radical (unpaired) electrons. The van der Waals surface area contributed by atoms with E-state index in [9.17, 15) is 4.79 Å². The standard InChI is InChI=1S/C17H20N4O/c1-4-20-16(22)14-10-11-21(12(2)3)15(14)19-17(20)18-13-8-6-5-7-9-13/h5-12H,4H2,1-3H3,(H,18,19). The van der Waals surface area contributed by atoms with Crippen LogP contribution < -0.4 is 10.9 Å². The van der Waals surface area contributed by atoms with Crippen LogP contribution in [0, 0.1) is 0 Å². The number of hydrogen-bond acceptors (Lipinski definition) is 3. The van der Waals surface area contributed by atoms with Gasteiger partial charge in [0.25, 0.3) is 5.56 Å². The van der Waals surface area contributed by atoms with Crippen molar-refractivity contribution in [3.05, 3.63) is 52.9 Å². The molecule has 0 saturated heterocycles. The molecule has 3 aromatic rings. The van der Waals surface area contributed by atoms with Crippen LogP contribution in [0.4, 0.5) is 11.6 Å². The van der Waals surface area contributed by atoms with Crippen LogP contribution in [0.2, 0.25) is 0 Å². The largest absolute Gasteiger partial charge is 0.330 e. The number of nitrogens with one attached hydrogen (secondary N) is 1. The highest BCUT2D eigenvalue weighted by Crippen LogP contribution is 2.19. The Kier molecular flexibility index (Phi) is 3.71. The Labute approximate surface area is 129 Å². The fraction of sp³-hybridized carbons (Fsp3) is 0.294. The summed E-state index contributed by atoms with van der Waals surface area (Å²) >= 11 is 0. The zero-order chi connectivity index (χ0) is 15.7. The van der Waals surface area contributed by atoms with E-state index in [0.717, 1.165) is 11.3 Å². The SMILES string of the molecule is CCn1c(Nc2ccccc2)nc2c(ccn2C(C)C)c1=O. The van der Waals surface area contributed by atoms with Crippen LogP contribution in [0.15, 0.2) is 47.4 Å². The lowest BCUT2D eigenvalue weighted by molar-refractivity contribution is 0.615. The zero-order valence-electron chi connectivity index (χ0n) is 13.1. The van der Waals surface area contributed by atoms with Crippen LogP contribution >= 0.6 is 0 Å². The average Bonchev–Trinajstić information content (AvgIpc) is 2.93. The molecule has 2 heterocycles. The van der Waals surface area contributed by atoms with Gasteiger partial charge in [0.05, 0.1) is 5.39 Å². The summed E-state index contributed by atoms with van der Waals surface area (Å²) in [6.07, 6.45) is 1.93. The van der Waals surface area contributed by atoms with Gasteiger partial charge in [-0.15, -0.1) is 0 Å². The van der Waals surface area contributed by atoms with E-state index >= 15 is 0 Å². The lowest BCUT2D eigenvalue weighted by Gasteiger charge is -2.14.